The highest BCUT2D eigenvalue weighted by Gasteiger charge is 2.24. The van der Waals surface area contributed by atoms with Crippen LogP contribution in [0.1, 0.15) is 25.7 Å². The van der Waals surface area contributed by atoms with Crippen LogP contribution in [0.2, 0.25) is 0 Å². The van der Waals surface area contributed by atoms with E-state index >= 15 is 0 Å². The summed E-state index contributed by atoms with van der Waals surface area (Å²) in [7, 11) is 0. The average Bonchev–Trinajstić information content (AvgIpc) is 2.18. The van der Waals surface area contributed by atoms with Crippen molar-refractivity contribution >= 4 is 0 Å². The van der Waals surface area contributed by atoms with E-state index in [2.05, 4.69) is 6.07 Å². The van der Waals surface area contributed by atoms with Crippen LogP contribution in [0.5, 0.6) is 0 Å². The quantitative estimate of drug-likeness (QED) is 0.569. The largest absolute Gasteiger partial charge is 0.393 e. The lowest BCUT2D eigenvalue weighted by atomic mass is 10.0. The third-order valence-electron chi connectivity index (χ3n) is 1.97. The maximum absolute atomic E-state index is 9.17. The van der Waals surface area contributed by atoms with Gasteiger partial charge in [0.15, 0.2) is 0 Å². The summed E-state index contributed by atoms with van der Waals surface area (Å²) in [5, 5.41) is 17.5. The summed E-state index contributed by atoms with van der Waals surface area (Å²) < 4.78 is 0. The molecule has 0 aromatic rings. The molecular formula is C7H11NO. The van der Waals surface area contributed by atoms with Gasteiger partial charge in [-0.2, -0.15) is 5.26 Å². The van der Waals surface area contributed by atoms with E-state index in [-0.39, 0.29) is 12.0 Å². The Hall–Kier alpha value is -0.550. The SMILES string of the molecule is N#CC[C@H]1CCC[C@@H]1O. The van der Waals surface area contributed by atoms with Crippen molar-refractivity contribution in [3.8, 4) is 6.07 Å². The Morgan fingerprint density at radius 3 is 2.78 bits per heavy atom. The fraction of sp³-hybridized carbons (Fsp3) is 0.857. The molecular weight excluding hydrogens is 114 g/mol. The van der Waals surface area contributed by atoms with Crippen molar-refractivity contribution in [3.05, 3.63) is 0 Å². The molecule has 0 bridgehead atoms. The van der Waals surface area contributed by atoms with Crippen LogP contribution in [0.25, 0.3) is 0 Å². The summed E-state index contributed by atoms with van der Waals surface area (Å²) >= 11 is 0. The lowest BCUT2D eigenvalue weighted by molar-refractivity contribution is 0.135. The van der Waals surface area contributed by atoms with Gasteiger partial charge in [-0.3, -0.25) is 0 Å². The van der Waals surface area contributed by atoms with Crippen LogP contribution in [0.4, 0.5) is 0 Å². The summed E-state index contributed by atoms with van der Waals surface area (Å²) in [6.07, 6.45) is 3.36. The number of hydrogen-bond acceptors (Lipinski definition) is 2. The molecule has 0 aromatic carbocycles. The molecule has 2 heteroatoms. The number of aliphatic hydroxyl groups is 1. The van der Waals surface area contributed by atoms with Crippen LogP contribution in [0, 0.1) is 17.2 Å². The second-order valence-corrected chi connectivity index (χ2v) is 2.62. The van der Waals surface area contributed by atoms with Crippen LogP contribution in [0.3, 0.4) is 0 Å². The van der Waals surface area contributed by atoms with Crippen molar-refractivity contribution < 1.29 is 5.11 Å². The summed E-state index contributed by atoms with van der Waals surface area (Å²) in [5.41, 5.74) is 0. The lowest BCUT2D eigenvalue weighted by Gasteiger charge is -2.07. The van der Waals surface area contributed by atoms with Crippen molar-refractivity contribution in [2.24, 2.45) is 5.92 Å². The van der Waals surface area contributed by atoms with Crippen molar-refractivity contribution in [1.82, 2.24) is 0 Å². The first-order chi connectivity index (χ1) is 4.34. The van der Waals surface area contributed by atoms with Gasteiger partial charge in [0, 0.05) is 6.42 Å². The second-order valence-electron chi connectivity index (χ2n) is 2.62. The molecule has 1 aliphatic carbocycles. The highest BCUT2D eigenvalue weighted by atomic mass is 16.3. The van der Waals surface area contributed by atoms with Crippen LogP contribution < -0.4 is 0 Å². The monoisotopic (exact) mass is 125 g/mol. The molecule has 2 nitrogen and oxygen atoms in total. The maximum atomic E-state index is 9.17. The molecule has 0 unspecified atom stereocenters. The number of nitriles is 1. The van der Waals surface area contributed by atoms with Crippen LogP contribution >= 0.6 is 0 Å². The number of aliphatic hydroxyl groups excluding tert-OH is 1. The third-order valence-corrected chi connectivity index (χ3v) is 1.97. The van der Waals surface area contributed by atoms with E-state index in [0.29, 0.717) is 6.42 Å². The van der Waals surface area contributed by atoms with E-state index in [0.717, 1.165) is 19.3 Å². The summed E-state index contributed by atoms with van der Waals surface area (Å²) in [6.45, 7) is 0. The van der Waals surface area contributed by atoms with Crippen molar-refractivity contribution in [3.63, 3.8) is 0 Å². The minimum atomic E-state index is -0.190. The molecule has 1 aliphatic rings. The maximum Gasteiger partial charge on any atom is 0.0625 e. The molecule has 0 spiro atoms. The summed E-state index contributed by atoms with van der Waals surface area (Å²) in [4.78, 5) is 0. The zero-order chi connectivity index (χ0) is 6.69. The lowest BCUT2D eigenvalue weighted by Crippen LogP contribution is -2.11. The van der Waals surface area contributed by atoms with Gasteiger partial charge in [-0.1, -0.05) is 6.42 Å². The molecule has 1 saturated carbocycles. The van der Waals surface area contributed by atoms with Gasteiger partial charge in [-0.25, -0.2) is 0 Å². The third kappa shape index (κ3) is 1.43. The first-order valence-electron chi connectivity index (χ1n) is 3.39. The molecule has 1 rings (SSSR count). The molecule has 0 aliphatic heterocycles. The number of hydrogen-bond donors (Lipinski definition) is 1. The highest BCUT2D eigenvalue weighted by molar-refractivity contribution is 4.84. The van der Waals surface area contributed by atoms with Gasteiger partial charge in [0.05, 0.1) is 12.2 Å². The molecule has 0 saturated heterocycles. The van der Waals surface area contributed by atoms with E-state index in [1.807, 2.05) is 0 Å². The summed E-state index contributed by atoms with van der Waals surface area (Å²) in [5.74, 6) is 0.273. The van der Waals surface area contributed by atoms with E-state index in [4.69, 9.17) is 10.4 Å². The second kappa shape index (κ2) is 2.84. The molecule has 0 radical (unpaired) electrons. The van der Waals surface area contributed by atoms with Crippen LogP contribution in [0.15, 0.2) is 0 Å². The molecule has 0 heterocycles. The van der Waals surface area contributed by atoms with Crippen LogP contribution in [-0.4, -0.2) is 11.2 Å². The Balaban J connectivity index is 2.33. The van der Waals surface area contributed by atoms with Gasteiger partial charge in [-0.15, -0.1) is 0 Å². The van der Waals surface area contributed by atoms with Gasteiger partial charge < -0.3 is 5.11 Å². The number of rotatable bonds is 1. The van der Waals surface area contributed by atoms with E-state index < -0.39 is 0 Å². The molecule has 1 fully saturated rings. The molecule has 0 amide bonds. The van der Waals surface area contributed by atoms with E-state index in [1.165, 1.54) is 0 Å². The normalized spacial score (nSPS) is 34.2. The van der Waals surface area contributed by atoms with Crippen molar-refractivity contribution in [2.45, 2.75) is 31.8 Å². The standard InChI is InChI=1S/C7H11NO/c8-5-4-6-2-1-3-7(6)9/h6-7,9H,1-4H2/t6-,7+/m1/s1. The number of nitrogens with zero attached hydrogens (tertiary/aromatic N) is 1. The van der Waals surface area contributed by atoms with Gasteiger partial charge >= 0.3 is 0 Å². The molecule has 9 heavy (non-hydrogen) atoms. The van der Waals surface area contributed by atoms with E-state index in [1.54, 1.807) is 0 Å². The molecule has 0 aromatic heterocycles. The zero-order valence-electron chi connectivity index (χ0n) is 5.38. The summed E-state index contributed by atoms with van der Waals surface area (Å²) in [6, 6.07) is 2.08. The minimum absolute atomic E-state index is 0.190. The van der Waals surface area contributed by atoms with Gasteiger partial charge in [0.1, 0.15) is 0 Å². The fourth-order valence-corrected chi connectivity index (χ4v) is 1.37. The molecule has 50 valence electrons. The first-order valence-corrected chi connectivity index (χ1v) is 3.39. The molecule has 2 atom stereocenters. The van der Waals surface area contributed by atoms with Gasteiger partial charge in [0.2, 0.25) is 0 Å². The average molecular weight is 125 g/mol. The smallest absolute Gasteiger partial charge is 0.0625 e. The predicted molar refractivity (Wildman–Crippen MR) is 33.6 cm³/mol. The Kier molecular flexibility index (Phi) is 2.07. The predicted octanol–water partition coefficient (Wildman–Crippen LogP) is 1.06. The minimum Gasteiger partial charge on any atom is -0.393 e. The highest BCUT2D eigenvalue weighted by Crippen LogP contribution is 2.27. The zero-order valence-corrected chi connectivity index (χ0v) is 5.38. The van der Waals surface area contributed by atoms with Crippen molar-refractivity contribution in [1.29, 1.82) is 5.26 Å². The Morgan fingerprint density at radius 1 is 1.56 bits per heavy atom. The van der Waals surface area contributed by atoms with Gasteiger partial charge in [-0.05, 0) is 18.8 Å². The van der Waals surface area contributed by atoms with Gasteiger partial charge in [0.25, 0.3) is 0 Å². The van der Waals surface area contributed by atoms with Crippen molar-refractivity contribution in [2.75, 3.05) is 0 Å². The topological polar surface area (TPSA) is 44.0 Å². The first kappa shape index (κ1) is 6.57. The van der Waals surface area contributed by atoms with E-state index in [9.17, 15) is 0 Å². The Bertz CT molecular complexity index is 127. The van der Waals surface area contributed by atoms with Crippen LogP contribution in [-0.2, 0) is 0 Å². The fourth-order valence-electron chi connectivity index (χ4n) is 1.37. The molecule has 1 N–H and O–H groups in total. The Labute approximate surface area is 55.1 Å². The Morgan fingerprint density at radius 2 is 2.33 bits per heavy atom.